The fourth-order valence-electron chi connectivity index (χ4n) is 2.83. The highest BCUT2D eigenvalue weighted by molar-refractivity contribution is 5.25. The van der Waals surface area contributed by atoms with Crippen molar-refractivity contribution in [2.24, 2.45) is 0 Å². The minimum absolute atomic E-state index is 0.000600. The van der Waals surface area contributed by atoms with Crippen molar-refractivity contribution in [2.75, 3.05) is 6.54 Å². The highest BCUT2D eigenvalue weighted by Crippen LogP contribution is 2.34. The van der Waals surface area contributed by atoms with Crippen LogP contribution in [-0.2, 0) is 11.2 Å². The van der Waals surface area contributed by atoms with E-state index in [-0.39, 0.29) is 11.7 Å². The van der Waals surface area contributed by atoms with Crippen LogP contribution in [0.25, 0.3) is 0 Å². The van der Waals surface area contributed by atoms with E-state index in [1.165, 1.54) is 11.1 Å². The lowest BCUT2D eigenvalue weighted by atomic mass is 9.91. The molecule has 2 nitrogen and oxygen atoms in total. The maximum atomic E-state index is 6.48. The quantitative estimate of drug-likeness (QED) is 0.888. The lowest BCUT2D eigenvalue weighted by Gasteiger charge is -2.44. The van der Waals surface area contributed by atoms with Gasteiger partial charge in [-0.15, -0.1) is 0 Å². The van der Waals surface area contributed by atoms with E-state index in [9.17, 15) is 0 Å². The Morgan fingerprint density at radius 1 is 1.16 bits per heavy atom. The Morgan fingerprint density at radius 2 is 1.79 bits per heavy atom. The molecule has 1 fully saturated rings. The first kappa shape index (κ1) is 14.5. The first-order valence-electron chi connectivity index (χ1n) is 7.64. The lowest BCUT2D eigenvalue weighted by Crippen LogP contribution is -2.54. The number of ether oxygens (including phenoxy) is 1. The first-order chi connectivity index (χ1) is 9.14. The topological polar surface area (TPSA) is 21.3 Å². The molecule has 2 unspecified atom stereocenters. The van der Waals surface area contributed by atoms with E-state index >= 15 is 0 Å². The molecule has 2 rings (SSSR count). The summed E-state index contributed by atoms with van der Waals surface area (Å²) >= 11 is 0. The Bertz CT molecular complexity index is 394. The van der Waals surface area contributed by atoms with E-state index in [1.807, 2.05) is 0 Å². The SMILES string of the molecule is CCc1ccc(C2OC(CC)(CC)CNC2C)cc1. The first-order valence-corrected chi connectivity index (χ1v) is 7.64. The molecule has 1 aromatic rings. The minimum Gasteiger partial charge on any atom is -0.364 e. The third-order valence-corrected chi connectivity index (χ3v) is 4.58. The Hall–Kier alpha value is -0.860. The summed E-state index contributed by atoms with van der Waals surface area (Å²) in [6.07, 6.45) is 3.38. The zero-order valence-electron chi connectivity index (χ0n) is 12.7. The number of morpholine rings is 1. The Morgan fingerprint density at radius 3 is 2.32 bits per heavy atom. The van der Waals surface area contributed by atoms with Gasteiger partial charge in [0, 0.05) is 12.6 Å². The van der Waals surface area contributed by atoms with Crippen LogP contribution in [0.4, 0.5) is 0 Å². The summed E-state index contributed by atoms with van der Waals surface area (Å²) < 4.78 is 6.48. The molecule has 0 bridgehead atoms. The molecule has 1 heterocycles. The number of nitrogens with one attached hydrogen (secondary N) is 1. The molecule has 1 aliphatic rings. The van der Waals surface area contributed by atoms with Crippen LogP contribution in [-0.4, -0.2) is 18.2 Å². The molecule has 1 saturated heterocycles. The second kappa shape index (κ2) is 6.06. The lowest BCUT2D eigenvalue weighted by molar-refractivity contribution is -0.139. The van der Waals surface area contributed by atoms with E-state index in [1.54, 1.807) is 0 Å². The Labute approximate surface area is 117 Å². The molecular weight excluding hydrogens is 234 g/mol. The van der Waals surface area contributed by atoms with Crippen molar-refractivity contribution in [3.05, 3.63) is 35.4 Å². The molecule has 106 valence electrons. The second-order valence-corrected chi connectivity index (χ2v) is 5.69. The molecule has 0 saturated carbocycles. The molecule has 1 aliphatic heterocycles. The van der Waals surface area contributed by atoms with Gasteiger partial charge in [0.2, 0.25) is 0 Å². The van der Waals surface area contributed by atoms with Crippen molar-refractivity contribution in [3.63, 3.8) is 0 Å². The highest BCUT2D eigenvalue weighted by atomic mass is 16.5. The molecule has 0 spiro atoms. The third kappa shape index (κ3) is 3.01. The van der Waals surface area contributed by atoms with Gasteiger partial charge in [-0.2, -0.15) is 0 Å². The smallest absolute Gasteiger partial charge is 0.0983 e. The summed E-state index contributed by atoms with van der Waals surface area (Å²) in [6, 6.07) is 9.27. The molecule has 1 aromatic carbocycles. The van der Waals surface area contributed by atoms with Crippen LogP contribution in [0.15, 0.2) is 24.3 Å². The van der Waals surface area contributed by atoms with Gasteiger partial charge in [-0.25, -0.2) is 0 Å². The molecule has 0 amide bonds. The predicted octanol–water partition coefficient (Wildman–Crippen LogP) is 3.86. The van der Waals surface area contributed by atoms with E-state index in [2.05, 4.69) is 57.3 Å². The molecule has 0 aromatic heterocycles. The second-order valence-electron chi connectivity index (χ2n) is 5.69. The molecule has 2 heteroatoms. The van der Waals surface area contributed by atoms with Crippen molar-refractivity contribution in [1.29, 1.82) is 0 Å². The van der Waals surface area contributed by atoms with Gasteiger partial charge < -0.3 is 10.1 Å². The van der Waals surface area contributed by atoms with Gasteiger partial charge in [0.05, 0.1) is 11.7 Å². The average molecular weight is 261 g/mol. The summed E-state index contributed by atoms with van der Waals surface area (Å²) in [4.78, 5) is 0. The normalized spacial score (nSPS) is 26.3. The van der Waals surface area contributed by atoms with Crippen molar-refractivity contribution in [3.8, 4) is 0 Å². The maximum absolute atomic E-state index is 6.48. The number of hydrogen-bond donors (Lipinski definition) is 1. The van der Waals surface area contributed by atoms with E-state index in [4.69, 9.17) is 4.74 Å². The van der Waals surface area contributed by atoms with Gasteiger partial charge in [-0.3, -0.25) is 0 Å². The largest absolute Gasteiger partial charge is 0.364 e. The summed E-state index contributed by atoms with van der Waals surface area (Å²) in [6.45, 7) is 9.81. The Balaban J connectivity index is 2.20. The van der Waals surface area contributed by atoms with E-state index < -0.39 is 0 Å². The molecule has 2 atom stereocenters. The number of hydrogen-bond acceptors (Lipinski definition) is 2. The molecule has 19 heavy (non-hydrogen) atoms. The summed E-state index contributed by atoms with van der Waals surface area (Å²) in [5, 5.41) is 3.63. The van der Waals surface area contributed by atoms with Crippen molar-refractivity contribution in [1.82, 2.24) is 5.32 Å². The third-order valence-electron chi connectivity index (χ3n) is 4.58. The molecule has 1 N–H and O–H groups in total. The standard InChI is InChI=1S/C17H27NO/c1-5-14-8-10-15(11-9-14)16-13(4)18-12-17(6-2,7-3)19-16/h8-11,13,16,18H,5-7,12H2,1-4H3. The fraction of sp³-hybridized carbons (Fsp3) is 0.647. The zero-order chi connectivity index (χ0) is 13.9. The summed E-state index contributed by atoms with van der Waals surface area (Å²) in [5.41, 5.74) is 2.68. The Kier molecular flexibility index (Phi) is 4.64. The van der Waals surface area contributed by atoms with E-state index in [0.717, 1.165) is 25.8 Å². The molecule has 0 radical (unpaired) electrons. The van der Waals surface area contributed by atoms with Gasteiger partial charge in [-0.1, -0.05) is 45.0 Å². The number of benzene rings is 1. The van der Waals surface area contributed by atoms with Gasteiger partial charge in [-0.05, 0) is 37.3 Å². The van der Waals surface area contributed by atoms with Crippen LogP contribution in [0.5, 0.6) is 0 Å². The summed E-state index contributed by atoms with van der Waals surface area (Å²) in [7, 11) is 0. The average Bonchev–Trinajstić information content (AvgIpc) is 2.48. The van der Waals surface area contributed by atoms with Gasteiger partial charge in [0.25, 0.3) is 0 Å². The molecule has 0 aliphatic carbocycles. The van der Waals surface area contributed by atoms with Gasteiger partial charge in [0.1, 0.15) is 0 Å². The van der Waals surface area contributed by atoms with Crippen LogP contribution in [0.2, 0.25) is 0 Å². The van der Waals surface area contributed by atoms with E-state index in [0.29, 0.717) is 6.04 Å². The molecular formula is C17H27NO. The van der Waals surface area contributed by atoms with Crippen molar-refractivity contribution in [2.45, 2.75) is 64.7 Å². The maximum Gasteiger partial charge on any atom is 0.0983 e. The minimum atomic E-state index is 0.000600. The van der Waals surface area contributed by atoms with Gasteiger partial charge >= 0.3 is 0 Å². The number of rotatable bonds is 4. The number of aryl methyl sites for hydroxylation is 1. The predicted molar refractivity (Wildman–Crippen MR) is 80.4 cm³/mol. The highest BCUT2D eigenvalue weighted by Gasteiger charge is 2.38. The van der Waals surface area contributed by atoms with Crippen LogP contribution in [0.1, 0.15) is 57.8 Å². The van der Waals surface area contributed by atoms with Gasteiger partial charge in [0.15, 0.2) is 0 Å². The van der Waals surface area contributed by atoms with Crippen LogP contribution in [0.3, 0.4) is 0 Å². The van der Waals surface area contributed by atoms with Crippen LogP contribution >= 0.6 is 0 Å². The summed E-state index contributed by atoms with van der Waals surface area (Å²) in [5.74, 6) is 0. The van der Waals surface area contributed by atoms with Crippen LogP contribution < -0.4 is 5.32 Å². The fourth-order valence-corrected chi connectivity index (χ4v) is 2.83. The van der Waals surface area contributed by atoms with Crippen molar-refractivity contribution >= 4 is 0 Å². The van der Waals surface area contributed by atoms with Crippen molar-refractivity contribution < 1.29 is 4.74 Å². The van der Waals surface area contributed by atoms with Crippen LogP contribution in [0, 0.1) is 0 Å². The zero-order valence-corrected chi connectivity index (χ0v) is 12.7. The monoisotopic (exact) mass is 261 g/mol.